The van der Waals surface area contributed by atoms with E-state index in [2.05, 4.69) is 4.98 Å². The van der Waals surface area contributed by atoms with Gasteiger partial charge in [0.1, 0.15) is 11.4 Å². The molecule has 0 amide bonds. The molecule has 0 fully saturated rings. The van der Waals surface area contributed by atoms with Gasteiger partial charge in [-0.15, -0.1) is 0 Å². The summed E-state index contributed by atoms with van der Waals surface area (Å²) in [5.74, 6) is -0.629. The van der Waals surface area contributed by atoms with Gasteiger partial charge < -0.3 is 0 Å². The second-order valence-corrected chi connectivity index (χ2v) is 4.38. The van der Waals surface area contributed by atoms with Crippen molar-refractivity contribution in [3.63, 3.8) is 0 Å². The Kier molecular flexibility index (Phi) is 3.49. The minimum atomic E-state index is -4.65. The van der Waals surface area contributed by atoms with Crippen molar-refractivity contribution >= 4 is 11.6 Å². The molecule has 0 aliphatic carbocycles. The summed E-state index contributed by atoms with van der Waals surface area (Å²) in [6, 6.07) is 4.65. The zero-order chi connectivity index (χ0) is 14.2. The maximum absolute atomic E-state index is 13.2. The molecule has 0 bridgehead atoms. The molecule has 0 radical (unpaired) electrons. The third-order valence-corrected chi connectivity index (χ3v) is 2.95. The molecular formula is C13H8ClF4N. The standard InChI is InChI=1S/C13H8ClF4N/c1-7-2-3-8(15)6-9(7)12-11(13(16,17)18)10(14)4-5-19-12/h2-6H,1H3. The number of alkyl halides is 3. The fourth-order valence-corrected chi connectivity index (χ4v) is 2.01. The first-order valence-electron chi connectivity index (χ1n) is 5.29. The van der Waals surface area contributed by atoms with Crippen molar-refractivity contribution < 1.29 is 17.6 Å². The lowest BCUT2D eigenvalue weighted by atomic mass is 10.0. The first kappa shape index (κ1) is 13.8. The molecule has 0 N–H and O–H groups in total. The summed E-state index contributed by atoms with van der Waals surface area (Å²) in [5.41, 5.74) is -0.848. The van der Waals surface area contributed by atoms with Gasteiger partial charge in [0.15, 0.2) is 0 Å². The minimum absolute atomic E-state index is 0.0785. The van der Waals surface area contributed by atoms with Gasteiger partial charge in [-0.05, 0) is 30.7 Å². The number of rotatable bonds is 1. The third-order valence-electron chi connectivity index (χ3n) is 2.64. The van der Waals surface area contributed by atoms with Crippen LogP contribution in [0.3, 0.4) is 0 Å². The number of aryl methyl sites for hydroxylation is 1. The van der Waals surface area contributed by atoms with Crippen molar-refractivity contribution in [2.75, 3.05) is 0 Å². The number of aromatic nitrogens is 1. The smallest absolute Gasteiger partial charge is 0.256 e. The van der Waals surface area contributed by atoms with Gasteiger partial charge in [-0.1, -0.05) is 17.7 Å². The van der Waals surface area contributed by atoms with Crippen LogP contribution in [0.2, 0.25) is 5.02 Å². The molecule has 1 nitrogen and oxygen atoms in total. The Morgan fingerprint density at radius 1 is 1.16 bits per heavy atom. The summed E-state index contributed by atoms with van der Waals surface area (Å²) in [5, 5.41) is -0.457. The van der Waals surface area contributed by atoms with Gasteiger partial charge >= 0.3 is 6.18 Å². The largest absolute Gasteiger partial charge is 0.419 e. The van der Waals surface area contributed by atoms with Crippen LogP contribution in [0.15, 0.2) is 30.5 Å². The zero-order valence-corrected chi connectivity index (χ0v) is 10.5. The van der Waals surface area contributed by atoms with Gasteiger partial charge in [-0.3, -0.25) is 4.98 Å². The number of nitrogens with zero attached hydrogens (tertiary/aromatic N) is 1. The van der Waals surface area contributed by atoms with Crippen molar-refractivity contribution in [3.8, 4) is 11.3 Å². The summed E-state index contributed by atoms with van der Waals surface area (Å²) in [6.07, 6.45) is -3.49. The lowest BCUT2D eigenvalue weighted by Crippen LogP contribution is -2.10. The fraction of sp³-hybridized carbons (Fsp3) is 0.154. The third kappa shape index (κ3) is 2.71. The summed E-state index contributed by atoms with van der Waals surface area (Å²) in [6.45, 7) is 1.58. The van der Waals surface area contributed by atoms with Crippen LogP contribution in [0.5, 0.6) is 0 Å². The van der Waals surface area contributed by atoms with Gasteiger partial charge in [0, 0.05) is 11.8 Å². The predicted molar refractivity (Wildman–Crippen MR) is 64.4 cm³/mol. The van der Waals surface area contributed by atoms with E-state index in [1.807, 2.05) is 0 Å². The average molecular weight is 290 g/mol. The van der Waals surface area contributed by atoms with E-state index in [-0.39, 0.29) is 11.3 Å². The lowest BCUT2D eigenvalue weighted by molar-refractivity contribution is -0.137. The molecule has 0 aliphatic rings. The molecule has 2 aromatic rings. The molecule has 0 aliphatic heterocycles. The summed E-state index contributed by atoms with van der Waals surface area (Å²) < 4.78 is 52.2. The summed E-state index contributed by atoms with van der Waals surface area (Å²) in [7, 11) is 0. The normalized spacial score (nSPS) is 11.7. The van der Waals surface area contributed by atoms with Crippen LogP contribution in [0.1, 0.15) is 11.1 Å². The monoisotopic (exact) mass is 289 g/mol. The second kappa shape index (κ2) is 4.81. The van der Waals surface area contributed by atoms with Crippen LogP contribution in [0.25, 0.3) is 11.3 Å². The molecular weight excluding hydrogens is 282 g/mol. The highest BCUT2D eigenvalue weighted by Gasteiger charge is 2.37. The molecule has 0 unspecified atom stereocenters. The Morgan fingerprint density at radius 3 is 2.47 bits per heavy atom. The molecule has 2 rings (SSSR count). The van der Waals surface area contributed by atoms with Crippen molar-refractivity contribution in [2.24, 2.45) is 0 Å². The van der Waals surface area contributed by atoms with E-state index in [9.17, 15) is 17.6 Å². The minimum Gasteiger partial charge on any atom is -0.256 e. The maximum atomic E-state index is 13.2. The van der Waals surface area contributed by atoms with Crippen LogP contribution in [-0.4, -0.2) is 4.98 Å². The molecule has 0 saturated heterocycles. The van der Waals surface area contributed by atoms with Crippen LogP contribution in [0, 0.1) is 12.7 Å². The Hall–Kier alpha value is -1.62. The Morgan fingerprint density at radius 2 is 1.84 bits per heavy atom. The van der Waals surface area contributed by atoms with E-state index in [4.69, 9.17) is 11.6 Å². The maximum Gasteiger partial charge on any atom is 0.419 e. The van der Waals surface area contributed by atoms with Crippen molar-refractivity contribution in [3.05, 3.63) is 52.4 Å². The highest BCUT2D eigenvalue weighted by atomic mass is 35.5. The Bertz CT molecular complexity index is 623. The molecule has 1 aromatic heterocycles. The quantitative estimate of drug-likeness (QED) is 0.683. The number of pyridine rings is 1. The second-order valence-electron chi connectivity index (χ2n) is 3.97. The molecule has 0 saturated carbocycles. The molecule has 6 heteroatoms. The fourth-order valence-electron chi connectivity index (χ4n) is 1.76. The molecule has 1 aromatic carbocycles. The van der Waals surface area contributed by atoms with Gasteiger partial charge in [-0.2, -0.15) is 13.2 Å². The number of halogens is 5. The topological polar surface area (TPSA) is 12.9 Å². The molecule has 0 atom stereocenters. The van der Waals surface area contributed by atoms with E-state index in [0.29, 0.717) is 5.56 Å². The van der Waals surface area contributed by atoms with E-state index >= 15 is 0 Å². The van der Waals surface area contributed by atoms with Crippen LogP contribution < -0.4 is 0 Å². The molecule has 19 heavy (non-hydrogen) atoms. The van der Waals surface area contributed by atoms with Gasteiger partial charge in [0.25, 0.3) is 0 Å². The molecule has 1 heterocycles. The predicted octanol–water partition coefficient (Wildman–Crippen LogP) is 4.87. The van der Waals surface area contributed by atoms with Gasteiger partial charge in [0.2, 0.25) is 0 Å². The molecule has 100 valence electrons. The van der Waals surface area contributed by atoms with E-state index in [1.54, 1.807) is 6.92 Å². The Balaban J connectivity index is 2.76. The number of hydrogen-bond donors (Lipinski definition) is 0. The summed E-state index contributed by atoms with van der Waals surface area (Å²) >= 11 is 5.60. The first-order chi connectivity index (χ1) is 8.80. The van der Waals surface area contributed by atoms with Crippen molar-refractivity contribution in [2.45, 2.75) is 13.1 Å². The van der Waals surface area contributed by atoms with Crippen LogP contribution >= 0.6 is 11.6 Å². The number of benzene rings is 1. The number of hydrogen-bond acceptors (Lipinski definition) is 1. The van der Waals surface area contributed by atoms with E-state index in [0.717, 1.165) is 18.3 Å². The zero-order valence-electron chi connectivity index (χ0n) is 9.72. The average Bonchev–Trinajstić information content (AvgIpc) is 2.30. The van der Waals surface area contributed by atoms with Crippen LogP contribution in [0.4, 0.5) is 17.6 Å². The van der Waals surface area contributed by atoms with Crippen molar-refractivity contribution in [1.29, 1.82) is 0 Å². The van der Waals surface area contributed by atoms with Gasteiger partial charge in [-0.25, -0.2) is 4.39 Å². The van der Waals surface area contributed by atoms with E-state index in [1.165, 1.54) is 12.1 Å². The van der Waals surface area contributed by atoms with Crippen molar-refractivity contribution in [1.82, 2.24) is 4.98 Å². The van der Waals surface area contributed by atoms with Crippen LogP contribution in [-0.2, 0) is 6.18 Å². The Labute approximate surface area is 111 Å². The SMILES string of the molecule is Cc1ccc(F)cc1-c1nccc(Cl)c1C(F)(F)F. The van der Waals surface area contributed by atoms with E-state index < -0.39 is 22.6 Å². The lowest BCUT2D eigenvalue weighted by Gasteiger charge is -2.15. The highest BCUT2D eigenvalue weighted by Crippen LogP contribution is 2.41. The molecule has 0 spiro atoms. The first-order valence-corrected chi connectivity index (χ1v) is 5.66. The van der Waals surface area contributed by atoms with Gasteiger partial charge in [0.05, 0.1) is 10.7 Å². The summed E-state index contributed by atoms with van der Waals surface area (Å²) in [4.78, 5) is 3.71. The highest BCUT2D eigenvalue weighted by molar-refractivity contribution is 6.31.